The number of benzene rings is 1. The molecule has 25 heavy (non-hydrogen) atoms. The largest absolute Gasteiger partial charge is 0.478 e. The molecule has 0 amide bonds. The van der Waals surface area contributed by atoms with Gasteiger partial charge in [0.2, 0.25) is 5.78 Å². The van der Waals surface area contributed by atoms with Gasteiger partial charge >= 0.3 is 0 Å². The van der Waals surface area contributed by atoms with Crippen LogP contribution in [0.4, 0.5) is 0 Å². The van der Waals surface area contributed by atoms with Crippen molar-refractivity contribution in [3.8, 4) is 11.5 Å². The molecule has 2 aliphatic heterocycles. The van der Waals surface area contributed by atoms with Gasteiger partial charge in [-0.15, -0.1) is 0 Å². The predicted octanol–water partition coefficient (Wildman–Crippen LogP) is 2.50. The number of ketones is 1. The molecule has 2 aromatic rings. The number of ether oxygens (including phenoxy) is 3. The van der Waals surface area contributed by atoms with Crippen molar-refractivity contribution in [3.63, 3.8) is 0 Å². The van der Waals surface area contributed by atoms with Gasteiger partial charge in [0.1, 0.15) is 18.2 Å². The maximum absolute atomic E-state index is 12.7. The summed E-state index contributed by atoms with van der Waals surface area (Å²) in [6, 6.07) is 7.31. The van der Waals surface area contributed by atoms with Crippen LogP contribution in [-0.2, 0) is 11.3 Å². The summed E-state index contributed by atoms with van der Waals surface area (Å²) < 4.78 is 16.8. The van der Waals surface area contributed by atoms with E-state index < -0.39 is 0 Å². The third-order valence-corrected chi connectivity index (χ3v) is 4.28. The number of rotatable bonds is 4. The van der Waals surface area contributed by atoms with E-state index >= 15 is 0 Å². The Bertz CT molecular complexity index is 833. The Hall–Kier alpha value is -2.70. The first-order valence-electron chi connectivity index (χ1n) is 8.10. The summed E-state index contributed by atoms with van der Waals surface area (Å²) in [5.41, 5.74) is 2.30. The van der Waals surface area contributed by atoms with Crippen molar-refractivity contribution in [1.82, 2.24) is 9.88 Å². The Balaban J connectivity index is 1.64. The van der Waals surface area contributed by atoms with Gasteiger partial charge in [0.25, 0.3) is 0 Å². The van der Waals surface area contributed by atoms with Crippen molar-refractivity contribution in [2.24, 2.45) is 0 Å². The third kappa shape index (κ3) is 3.01. The molecule has 6 heteroatoms. The van der Waals surface area contributed by atoms with Crippen molar-refractivity contribution in [2.75, 3.05) is 27.0 Å². The van der Waals surface area contributed by atoms with Crippen LogP contribution in [-0.4, -0.2) is 42.7 Å². The highest BCUT2D eigenvalue weighted by Gasteiger charge is 2.33. The van der Waals surface area contributed by atoms with Crippen molar-refractivity contribution in [3.05, 3.63) is 59.1 Å². The van der Waals surface area contributed by atoms with E-state index in [0.29, 0.717) is 37.0 Å². The molecule has 3 heterocycles. The van der Waals surface area contributed by atoms with Crippen molar-refractivity contribution in [2.45, 2.75) is 6.54 Å². The second kappa shape index (κ2) is 6.66. The molecule has 0 aliphatic carbocycles. The Morgan fingerprint density at radius 1 is 1.36 bits per heavy atom. The first kappa shape index (κ1) is 15.8. The molecule has 4 rings (SSSR count). The zero-order chi connectivity index (χ0) is 17.2. The summed E-state index contributed by atoms with van der Waals surface area (Å²) in [7, 11) is 1.67. The predicted molar refractivity (Wildman–Crippen MR) is 91.4 cm³/mol. The number of Topliss-reactive ketones (excluding diaryl/α,β-unsaturated/α-hetero) is 1. The van der Waals surface area contributed by atoms with Crippen LogP contribution in [0, 0.1) is 0 Å². The first-order chi connectivity index (χ1) is 12.3. The van der Waals surface area contributed by atoms with E-state index in [2.05, 4.69) is 9.88 Å². The van der Waals surface area contributed by atoms with Gasteiger partial charge in [-0.1, -0.05) is 6.07 Å². The normalized spacial score (nSPS) is 17.8. The Kier molecular flexibility index (Phi) is 4.21. The van der Waals surface area contributed by atoms with Crippen LogP contribution in [0.1, 0.15) is 21.5 Å². The monoisotopic (exact) mass is 338 g/mol. The minimum absolute atomic E-state index is 0.115. The fourth-order valence-corrected chi connectivity index (χ4v) is 2.98. The van der Waals surface area contributed by atoms with Crippen LogP contribution < -0.4 is 9.47 Å². The van der Waals surface area contributed by atoms with Crippen molar-refractivity contribution >= 4 is 11.9 Å². The fourth-order valence-electron chi connectivity index (χ4n) is 2.98. The van der Waals surface area contributed by atoms with Gasteiger partial charge in [-0.05, 0) is 29.8 Å². The van der Waals surface area contributed by atoms with Crippen LogP contribution >= 0.6 is 0 Å². The molecule has 0 fully saturated rings. The number of allylic oxidation sites excluding steroid dienone is 1. The molecule has 0 N–H and O–H groups in total. The summed E-state index contributed by atoms with van der Waals surface area (Å²) in [4.78, 5) is 18.8. The molecule has 1 aromatic carbocycles. The minimum Gasteiger partial charge on any atom is -0.478 e. The minimum atomic E-state index is -0.115. The van der Waals surface area contributed by atoms with Gasteiger partial charge in [-0.25, -0.2) is 0 Å². The quantitative estimate of drug-likeness (QED) is 0.798. The van der Waals surface area contributed by atoms with E-state index in [0.717, 1.165) is 23.4 Å². The highest BCUT2D eigenvalue weighted by atomic mass is 16.5. The highest BCUT2D eigenvalue weighted by molar-refractivity contribution is 6.15. The Morgan fingerprint density at radius 2 is 2.28 bits per heavy atom. The fraction of sp³-hybridized carbons (Fsp3) is 0.263. The number of hydrogen-bond donors (Lipinski definition) is 0. The molecule has 6 nitrogen and oxygen atoms in total. The molecule has 0 bridgehead atoms. The number of pyridine rings is 1. The second-order valence-corrected chi connectivity index (χ2v) is 5.96. The Labute approximate surface area is 145 Å². The van der Waals surface area contributed by atoms with Gasteiger partial charge < -0.3 is 14.2 Å². The highest BCUT2D eigenvalue weighted by Crippen LogP contribution is 2.41. The van der Waals surface area contributed by atoms with E-state index in [1.807, 2.05) is 18.2 Å². The molecule has 0 spiro atoms. The average Bonchev–Trinajstić information content (AvgIpc) is 2.97. The van der Waals surface area contributed by atoms with Gasteiger partial charge in [0, 0.05) is 32.6 Å². The number of fused-ring (bicyclic) bond motifs is 3. The molecule has 0 saturated carbocycles. The summed E-state index contributed by atoms with van der Waals surface area (Å²) >= 11 is 0. The van der Waals surface area contributed by atoms with Crippen LogP contribution in [0.25, 0.3) is 6.08 Å². The van der Waals surface area contributed by atoms with Crippen LogP contribution in [0.3, 0.4) is 0 Å². The SMILES string of the molecule is COCCN1COc2ccc3c(c2C1)O/C(=C\c1cccnc1)C3=O. The van der Waals surface area contributed by atoms with Crippen LogP contribution in [0.5, 0.6) is 11.5 Å². The zero-order valence-corrected chi connectivity index (χ0v) is 13.9. The molecule has 0 saturated heterocycles. The number of aromatic nitrogens is 1. The lowest BCUT2D eigenvalue weighted by Gasteiger charge is -2.29. The Morgan fingerprint density at radius 3 is 3.08 bits per heavy atom. The lowest BCUT2D eigenvalue weighted by Crippen LogP contribution is -2.34. The second-order valence-electron chi connectivity index (χ2n) is 5.96. The molecule has 0 unspecified atom stereocenters. The smallest absolute Gasteiger partial charge is 0.231 e. The number of methoxy groups -OCH3 is 1. The summed E-state index contributed by atoms with van der Waals surface area (Å²) in [6.07, 6.45) is 5.10. The molecular formula is C19H18N2O4. The average molecular weight is 338 g/mol. The van der Waals surface area contributed by atoms with Crippen LogP contribution in [0.15, 0.2) is 42.4 Å². The lowest BCUT2D eigenvalue weighted by atomic mass is 10.0. The molecule has 0 atom stereocenters. The molecule has 2 aliphatic rings. The number of carbonyl (C=O) groups is 1. The van der Waals surface area contributed by atoms with Crippen LogP contribution in [0.2, 0.25) is 0 Å². The summed E-state index contributed by atoms with van der Waals surface area (Å²) in [6.45, 7) is 2.54. The van der Waals surface area contributed by atoms with Gasteiger partial charge in [0.05, 0.1) is 17.7 Å². The van der Waals surface area contributed by atoms with E-state index in [1.54, 1.807) is 31.6 Å². The third-order valence-electron chi connectivity index (χ3n) is 4.28. The van der Waals surface area contributed by atoms with Crippen molar-refractivity contribution < 1.29 is 19.0 Å². The van der Waals surface area contributed by atoms with E-state index in [4.69, 9.17) is 14.2 Å². The molecule has 1 aromatic heterocycles. The van der Waals surface area contributed by atoms with E-state index in [-0.39, 0.29) is 5.78 Å². The number of hydrogen-bond acceptors (Lipinski definition) is 6. The lowest BCUT2D eigenvalue weighted by molar-refractivity contribution is 0.0646. The molecule has 128 valence electrons. The van der Waals surface area contributed by atoms with Gasteiger partial charge in [0.15, 0.2) is 5.76 Å². The van der Waals surface area contributed by atoms with Gasteiger partial charge in [-0.3, -0.25) is 14.7 Å². The van der Waals surface area contributed by atoms with E-state index in [9.17, 15) is 4.79 Å². The zero-order valence-electron chi connectivity index (χ0n) is 13.9. The standard InChI is InChI=1S/C19H18N2O4/c1-23-8-7-21-11-15-16(24-12-21)5-4-14-18(22)17(25-19(14)15)9-13-3-2-6-20-10-13/h2-6,9-10H,7-8,11-12H2,1H3/b17-9-. The van der Waals surface area contributed by atoms with Gasteiger partial charge in [-0.2, -0.15) is 0 Å². The number of nitrogens with zero attached hydrogens (tertiary/aromatic N) is 2. The summed E-state index contributed by atoms with van der Waals surface area (Å²) in [5, 5.41) is 0. The molecule has 0 radical (unpaired) electrons. The summed E-state index contributed by atoms with van der Waals surface area (Å²) in [5.74, 6) is 1.56. The first-order valence-corrected chi connectivity index (χ1v) is 8.10. The van der Waals surface area contributed by atoms with E-state index in [1.165, 1.54) is 0 Å². The topological polar surface area (TPSA) is 60.9 Å². The number of carbonyl (C=O) groups excluding carboxylic acids is 1. The maximum Gasteiger partial charge on any atom is 0.231 e. The van der Waals surface area contributed by atoms with Crippen molar-refractivity contribution in [1.29, 1.82) is 0 Å². The molecular weight excluding hydrogens is 320 g/mol. The maximum atomic E-state index is 12.7.